The lowest BCUT2D eigenvalue weighted by atomic mass is 9.84. The van der Waals surface area contributed by atoms with Crippen molar-refractivity contribution >= 4 is 28.5 Å². The largest absolute Gasteiger partial charge is 0.376 e. The number of rotatable bonds is 5. The van der Waals surface area contributed by atoms with Crippen molar-refractivity contribution in [1.29, 1.82) is 0 Å². The lowest BCUT2D eigenvalue weighted by Gasteiger charge is -2.47. The smallest absolute Gasteiger partial charge is 0.126 e. The quantitative estimate of drug-likeness (QED) is 0.477. The highest BCUT2D eigenvalue weighted by Crippen LogP contribution is 2.34. The van der Waals surface area contributed by atoms with Gasteiger partial charge in [0.15, 0.2) is 0 Å². The lowest BCUT2D eigenvalue weighted by Crippen LogP contribution is -2.53. The number of nitrogens with zero attached hydrogens (tertiary/aromatic N) is 4. The number of hydrogen-bond donors (Lipinski definition) is 1. The van der Waals surface area contributed by atoms with Crippen LogP contribution in [0.5, 0.6) is 0 Å². The Kier molecular flexibility index (Phi) is 5.54. The Morgan fingerprint density at radius 1 is 1.31 bits per heavy atom. The minimum absolute atomic E-state index is 0.202. The van der Waals surface area contributed by atoms with Gasteiger partial charge in [0.1, 0.15) is 5.71 Å². The van der Waals surface area contributed by atoms with Crippen molar-refractivity contribution in [2.75, 3.05) is 31.1 Å². The van der Waals surface area contributed by atoms with Crippen LogP contribution in [0.25, 0.3) is 10.9 Å². The van der Waals surface area contributed by atoms with Crippen LogP contribution >= 0.6 is 0 Å². The number of hydrogen-bond acceptors (Lipinski definition) is 6. The van der Waals surface area contributed by atoms with Gasteiger partial charge in [0.2, 0.25) is 0 Å². The van der Waals surface area contributed by atoms with Crippen LogP contribution in [0, 0.1) is 12.3 Å². The fourth-order valence-corrected chi connectivity index (χ4v) is 4.25. The number of aromatic nitrogens is 1. The normalized spacial score (nSPS) is 22.2. The Labute approximate surface area is 172 Å². The zero-order chi connectivity index (χ0) is 20.4. The van der Waals surface area contributed by atoms with Gasteiger partial charge in [0, 0.05) is 30.8 Å². The molecule has 4 rings (SSSR count). The molecule has 0 spiro atoms. The van der Waals surface area contributed by atoms with E-state index in [4.69, 9.17) is 15.6 Å². The van der Waals surface area contributed by atoms with Crippen molar-refractivity contribution in [3.63, 3.8) is 0 Å². The van der Waals surface area contributed by atoms with Gasteiger partial charge in [-0.15, -0.1) is 0 Å². The maximum atomic E-state index is 5.74. The molecule has 2 fully saturated rings. The Hall–Kier alpha value is -2.47. The van der Waals surface area contributed by atoms with E-state index in [1.165, 1.54) is 12.1 Å². The third kappa shape index (κ3) is 4.42. The molecule has 2 aliphatic rings. The van der Waals surface area contributed by atoms with Crippen molar-refractivity contribution in [2.24, 2.45) is 21.4 Å². The van der Waals surface area contributed by atoms with Crippen LogP contribution in [0.1, 0.15) is 44.4 Å². The van der Waals surface area contributed by atoms with E-state index in [1.807, 2.05) is 6.92 Å². The summed E-state index contributed by atoms with van der Waals surface area (Å²) < 4.78 is 5.74. The maximum Gasteiger partial charge on any atom is 0.126 e. The lowest BCUT2D eigenvalue weighted by molar-refractivity contribution is 0.0226. The van der Waals surface area contributed by atoms with Crippen molar-refractivity contribution < 1.29 is 4.74 Å². The second-order valence-electron chi connectivity index (χ2n) is 9.05. The number of anilines is 1. The van der Waals surface area contributed by atoms with Crippen molar-refractivity contribution in [1.82, 2.24) is 4.98 Å². The molecule has 1 unspecified atom stereocenters. The molecule has 0 saturated carbocycles. The van der Waals surface area contributed by atoms with Gasteiger partial charge in [-0.1, -0.05) is 19.9 Å². The van der Waals surface area contributed by atoms with E-state index in [-0.39, 0.29) is 6.10 Å². The number of aliphatic imine (C=N–C) groups is 1. The first-order chi connectivity index (χ1) is 13.9. The molecule has 3 heterocycles. The zero-order valence-corrected chi connectivity index (χ0v) is 17.7. The molecular formula is C23H31N5O. The molecule has 2 saturated heterocycles. The Morgan fingerprint density at radius 2 is 2.14 bits per heavy atom. The number of ether oxygens (including phenoxy) is 1. The van der Waals surface area contributed by atoms with Crippen LogP contribution in [-0.2, 0) is 4.74 Å². The molecule has 0 aliphatic carbocycles. The van der Waals surface area contributed by atoms with Gasteiger partial charge < -0.3 is 15.5 Å². The molecule has 6 heteroatoms. The summed E-state index contributed by atoms with van der Waals surface area (Å²) >= 11 is 0. The van der Waals surface area contributed by atoms with E-state index in [9.17, 15) is 0 Å². The predicted octanol–water partition coefficient (Wildman–Crippen LogP) is 3.69. The Bertz CT molecular complexity index is 936. The second-order valence-corrected chi connectivity index (χ2v) is 9.05. The number of fused-ring (bicyclic) bond motifs is 1. The number of aryl methyl sites for hydroxylation is 1. The first-order valence-corrected chi connectivity index (χ1v) is 10.5. The number of benzene rings is 1. The van der Waals surface area contributed by atoms with Gasteiger partial charge >= 0.3 is 0 Å². The summed E-state index contributed by atoms with van der Waals surface area (Å²) in [7, 11) is 0. The minimum Gasteiger partial charge on any atom is -0.376 e. The Morgan fingerprint density at radius 3 is 2.83 bits per heavy atom. The molecule has 0 radical (unpaired) electrons. The van der Waals surface area contributed by atoms with Crippen molar-refractivity contribution in [2.45, 2.75) is 46.1 Å². The van der Waals surface area contributed by atoms with E-state index in [2.05, 4.69) is 53.1 Å². The van der Waals surface area contributed by atoms with Crippen molar-refractivity contribution in [3.05, 3.63) is 35.5 Å². The van der Waals surface area contributed by atoms with E-state index in [0.29, 0.717) is 17.7 Å². The van der Waals surface area contributed by atoms with Crippen molar-refractivity contribution in [3.8, 4) is 0 Å². The summed E-state index contributed by atoms with van der Waals surface area (Å²) in [6.07, 6.45) is 5.36. The number of nitrogens with two attached hydrogens (primary N) is 1. The number of hydrazone groups is 1. The van der Waals surface area contributed by atoms with E-state index in [1.54, 1.807) is 6.21 Å². The van der Waals surface area contributed by atoms with Crippen LogP contribution in [0.15, 0.2) is 34.4 Å². The molecule has 6 nitrogen and oxygen atoms in total. The van der Waals surface area contributed by atoms with Gasteiger partial charge in [0.05, 0.1) is 30.1 Å². The summed E-state index contributed by atoms with van der Waals surface area (Å²) in [6.45, 7) is 10.3. The molecule has 0 bridgehead atoms. The fraction of sp³-hybridized carbons (Fsp3) is 0.522. The third-order valence-electron chi connectivity index (χ3n) is 5.77. The summed E-state index contributed by atoms with van der Waals surface area (Å²) in [4.78, 5) is 11.8. The van der Waals surface area contributed by atoms with E-state index < -0.39 is 0 Å². The standard InChI is InChI=1S/C23H31N5O/c1-16-10-17-7-8-18(28-14-23(2,3)15-28)11-20(17)26-22(16)21(27-24)13-25-12-19-6-4-5-9-29-19/h7-8,10-11,13,19H,4-6,9,12,14-15,24H2,1-3H3/b25-13?,27-21+. The van der Waals surface area contributed by atoms with Gasteiger partial charge in [0.25, 0.3) is 0 Å². The molecule has 29 heavy (non-hydrogen) atoms. The zero-order valence-electron chi connectivity index (χ0n) is 17.7. The average Bonchev–Trinajstić information content (AvgIpc) is 2.70. The summed E-state index contributed by atoms with van der Waals surface area (Å²) in [6, 6.07) is 8.63. The van der Waals surface area contributed by atoms with Gasteiger partial charge in [-0.05, 0) is 55.4 Å². The molecule has 1 aromatic heterocycles. The van der Waals surface area contributed by atoms with Crippen LogP contribution in [-0.4, -0.2) is 49.3 Å². The molecule has 2 aliphatic heterocycles. The SMILES string of the molecule is Cc1cc2ccc(N3CC(C)(C)C3)cc2nc1/C(C=NCC1CCCCO1)=N/N. The van der Waals surface area contributed by atoms with Gasteiger partial charge in [-0.2, -0.15) is 5.10 Å². The number of pyridine rings is 1. The van der Waals surface area contributed by atoms with Crippen LogP contribution in [0.2, 0.25) is 0 Å². The highest BCUT2D eigenvalue weighted by atomic mass is 16.5. The molecule has 154 valence electrons. The van der Waals surface area contributed by atoms with E-state index in [0.717, 1.165) is 54.7 Å². The van der Waals surface area contributed by atoms with Gasteiger partial charge in [-0.25, -0.2) is 4.98 Å². The topological polar surface area (TPSA) is 76.1 Å². The molecule has 0 amide bonds. The monoisotopic (exact) mass is 393 g/mol. The maximum absolute atomic E-state index is 5.74. The summed E-state index contributed by atoms with van der Waals surface area (Å²) in [5, 5.41) is 5.09. The predicted molar refractivity (Wildman–Crippen MR) is 120 cm³/mol. The van der Waals surface area contributed by atoms with Crippen LogP contribution in [0.3, 0.4) is 0 Å². The Balaban J connectivity index is 1.55. The fourth-order valence-electron chi connectivity index (χ4n) is 4.25. The molecule has 2 N–H and O–H groups in total. The first kappa shape index (κ1) is 19.8. The third-order valence-corrected chi connectivity index (χ3v) is 5.77. The summed E-state index contributed by atoms with van der Waals surface area (Å²) in [5.74, 6) is 5.69. The van der Waals surface area contributed by atoms with Gasteiger partial charge in [-0.3, -0.25) is 4.99 Å². The molecule has 1 aromatic carbocycles. The second kappa shape index (κ2) is 8.11. The molecule has 1 atom stereocenters. The van der Waals surface area contributed by atoms with Crippen LogP contribution in [0.4, 0.5) is 5.69 Å². The minimum atomic E-state index is 0.202. The molecule has 2 aromatic rings. The van der Waals surface area contributed by atoms with E-state index >= 15 is 0 Å². The molecular weight excluding hydrogens is 362 g/mol. The van der Waals surface area contributed by atoms with Crippen LogP contribution < -0.4 is 10.7 Å². The highest BCUT2D eigenvalue weighted by Gasteiger charge is 2.34. The highest BCUT2D eigenvalue weighted by molar-refractivity contribution is 6.38. The summed E-state index contributed by atoms with van der Waals surface area (Å²) in [5.41, 5.74) is 5.00. The average molecular weight is 394 g/mol. The first-order valence-electron chi connectivity index (χ1n) is 10.5.